The van der Waals surface area contributed by atoms with E-state index < -0.39 is 26.4 Å². The van der Waals surface area contributed by atoms with Crippen molar-refractivity contribution in [3.8, 4) is 0 Å². The van der Waals surface area contributed by atoms with Crippen LogP contribution in [0.4, 0.5) is 14.5 Å². The quantitative estimate of drug-likeness (QED) is 0.921. The van der Waals surface area contributed by atoms with Crippen molar-refractivity contribution >= 4 is 33.0 Å². The Labute approximate surface area is 130 Å². The average Bonchev–Trinajstić information content (AvgIpc) is 2.47. The van der Waals surface area contributed by atoms with Crippen LogP contribution < -0.4 is 5.32 Å². The molecule has 0 atom stereocenters. The molecule has 2 rings (SSSR count). The van der Waals surface area contributed by atoms with Crippen molar-refractivity contribution in [1.29, 1.82) is 0 Å². The minimum atomic E-state index is -4.82. The molecule has 1 amide bonds. The summed E-state index contributed by atoms with van der Waals surface area (Å²) in [6.45, 7) is 0. The molecule has 0 aliphatic rings. The Balaban J connectivity index is 2.37. The summed E-state index contributed by atoms with van der Waals surface area (Å²) in [5.74, 6) is -4.23. The van der Waals surface area contributed by atoms with E-state index >= 15 is 0 Å². The first-order chi connectivity index (χ1) is 10.3. The van der Waals surface area contributed by atoms with Crippen molar-refractivity contribution in [3.63, 3.8) is 0 Å². The van der Waals surface area contributed by atoms with Gasteiger partial charge in [0.05, 0.1) is 10.6 Å². The van der Waals surface area contributed by atoms with Gasteiger partial charge in [0, 0.05) is 10.6 Å². The van der Waals surface area contributed by atoms with Gasteiger partial charge in [-0.25, -0.2) is 8.42 Å². The highest BCUT2D eigenvalue weighted by atomic mass is 35.5. The smallest absolute Gasteiger partial charge is 0.321 e. The van der Waals surface area contributed by atoms with Crippen LogP contribution in [0.25, 0.3) is 0 Å². The molecule has 0 saturated heterocycles. The average molecular weight is 346 g/mol. The molecule has 8 heteroatoms. The molecular weight excluding hydrogens is 336 g/mol. The largest absolute Gasteiger partial charge is 0.341 e. The zero-order valence-electron chi connectivity index (χ0n) is 11.0. The van der Waals surface area contributed by atoms with E-state index in [4.69, 9.17) is 11.6 Å². The number of halogens is 3. The van der Waals surface area contributed by atoms with Crippen LogP contribution in [0.5, 0.6) is 0 Å². The SMILES string of the molecule is O=C(Nc1ccccc1S(=O)(=O)C(F)F)c1cccc(Cl)c1. The van der Waals surface area contributed by atoms with E-state index in [0.717, 1.165) is 6.07 Å². The number of rotatable bonds is 4. The second kappa shape index (κ2) is 6.41. The Morgan fingerprint density at radius 3 is 2.41 bits per heavy atom. The number of alkyl halides is 2. The van der Waals surface area contributed by atoms with Crippen LogP contribution in [0.3, 0.4) is 0 Å². The molecule has 0 saturated carbocycles. The first-order valence-corrected chi connectivity index (χ1v) is 7.93. The maximum absolute atomic E-state index is 12.7. The van der Waals surface area contributed by atoms with Crippen LogP contribution in [0.1, 0.15) is 10.4 Å². The maximum Gasteiger partial charge on any atom is 0.341 e. The lowest BCUT2D eigenvalue weighted by Crippen LogP contribution is -2.17. The van der Waals surface area contributed by atoms with Crippen molar-refractivity contribution in [2.75, 3.05) is 5.32 Å². The number of hydrogen-bond donors (Lipinski definition) is 1. The van der Waals surface area contributed by atoms with Crippen molar-refractivity contribution in [2.24, 2.45) is 0 Å². The summed E-state index contributed by atoms with van der Waals surface area (Å²) in [5, 5.41) is 2.63. The fourth-order valence-electron chi connectivity index (χ4n) is 1.74. The third-order valence-corrected chi connectivity index (χ3v) is 4.44. The predicted octanol–water partition coefficient (Wildman–Crippen LogP) is 3.59. The lowest BCUT2D eigenvalue weighted by Gasteiger charge is -2.11. The van der Waals surface area contributed by atoms with E-state index in [0.29, 0.717) is 5.02 Å². The minimum Gasteiger partial charge on any atom is -0.321 e. The molecule has 1 N–H and O–H groups in total. The number of carbonyl (C=O) groups is 1. The lowest BCUT2D eigenvalue weighted by molar-refractivity contribution is 0.102. The molecule has 0 radical (unpaired) electrons. The summed E-state index contributed by atoms with van der Waals surface area (Å²) in [5.41, 5.74) is -0.0375. The fourth-order valence-corrected chi connectivity index (χ4v) is 2.81. The van der Waals surface area contributed by atoms with Gasteiger partial charge >= 0.3 is 5.76 Å². The molecule has 2 aromatic rings. The van der Waals surface area contributed by atoms with Gasteiger partial charge in [0.2, 0.25) is 9.84 Å². The van der Waals surface area contributed by atoms with Gasteiger partial charge in [0.1, 0.15) is 0 Å². The van der Waals surface area contributed by atoms with Crippen LogP contribution in [0.15, 0.2) is 53.4 Å². The summed E-state index contributed by atoms with van der Waals surface area (Å²) in [7, 11) is -4.82. The van der Waals surface area contributed by atoms with Gasteiger partial charge in [-0.1, -0.05) is 29.8 Å². The first kappa shape index (κ1) is 16.4. The highest BCUT2D eigenvalue weighted by Gasteiger charge is 2.29. The van der Waals surface area contributed by atoms with E-state index in [-0.39, 0.29) is 11.3 Å². The molecule has 0 unspecified atom stereocenters. The summed E-state index contributed by atoms with van der Waals surface area (Å²) >= 11 is 5.76. The lowest BCUT2D eigenvalue weighted by atomic mass is 10.2. The van der Waals surface area contributed by atoms with Gasteiger partial charge in [0.25, 0.3) is 5.91 Å². The van der Waals surface area contributed by atoms with E-state index in [1.807, 2.05) is 0 Å². The Kier molecular flexibility index (Phi) is 4.77. The van der Waals surface area contributed by atoms with E-state index in [1.54, 1.807) is 12.1 Å². The van der Waals surface area contributed by atoms with E-state index in [1.165, 1.54) is 30.3 Å². The van der Waals surface area contributed by atoms with Crippen molar-refractivity contribution in [3.05, 3.63) is 59.1 Å². The Hall–Kier alpha value is -1.99. The molecule has 0 bridgehead atoms. The molecule has 0 heterocycles. The number of nitrogens with one attached hydrogen (secondary N) is 1. The predicted molar refractivity (Wildman–Crippen MR) is 79.0 cm³/mol. The Morgan fingerprint density at radius 2 is 1.77 bits per heavy atom. The second-order valence-corrected chi connectivity index (χ2v) is 6.59. The van der Waals surface area contributed by atoms with Gasteiger partial charge in [-0.3, -0.25) is 4.79 Å². The van der Waals surface area contributed by atoms with Crippen LogP contribution >= 0.6 is 11.6 Å². The molecule has 0 aromatic heterocycles. The number of hydrogen-bond acceptors (Lipinski definition) is 3. The van der Waals surface area contributed by atoms with Gasteiger partial charge in [-0.05, 0) is 30.3 Å². The van der Waals surface area contributed by atoms with Crippen molar-refractivity contribution in [2.45, 2.75) is 10.7 Å². The van der Waals surface area contributed by atoms with Crippen LogP contribution in [-0.4, -0.2) is 20.1 Å². The third-order valence-electron chi connectivity index (χ3n) is 2.76. The Morgan fingerprint density at radius 1 is 1.09 bits per heavy atom. The molecule has 0 spiro atoms. The topological polar surface area (TPSA) is 63.2 Å². The van der Waals surface area contributed by atoms with E-state index in [9.17, 15) is 22.0 Å². The monoisotopic (exact) mass is 345 g/mol. The van der Waals surface area contributed by atoms with Crippen LogP contribution in [0.2, 0.25) is 5.02 Å². The summed E-state index contributed by atoms with van der Waals surface area (Å²) < 4.78 is 48.6. The number of sulfone groups is 1. The highest BCUT2D eigenvalue weighted by Crippen LogP contribution is 2.26. The van der Waals surface area contributed by atoms with Crippen molar-refractivity contribution in [1.82, 2.24) is 0 Å². The zero-order chi connectivity index (χ0) is 16.3. The molecule has 0 fully saturated rings. The van der Waals surface area contributed by atoms with Crippen LogP contribution in [-0.2, 0) is 9.84 Å². The molecule has 116 valence electrons. The van der Waals surface area contributed by atoms with E-state index in [2.05, 4.69) is 5.32 Å². The zero-order valence-corrected chi connectivity index (χ0v) is 12.5. The number of amides is 1. The first-order valence-electron chi connectivity index (χ1n) is 6.00. The summed E-state index contributed by atoms with van der Waals surface area (Å²) in [6.07, 6.45) is 0. The molecule has 4 nitrogen and oxygen atoms in total. The molecule has 2 aromatic carbocycles. The highest BCUT2D eigenvalue weighted by molar-refractivity contribution is 7.91. The third kappa shape index (κ3) is 3.42. The molecule has 22 heavy (non-hydrogen) atoms. The van der Waals surface area contributed by atoms with Gasteiger partial charge in [-0.15, -0.1) is 0 Å². The Bertz CT molecular complexity index is 809. The van der Waals surface area contributed by atoms with Crippen LogP contribution in [0, 0.1) is 0 Å². The second-order valence-electron chi connectivity index (χ2n) is 4.27. The molecule has 0 aliphatic carbocycles. The summed E-state index contributed by atoms with van der Waals surface area (Å²) in [6, 6.07) is 10.9. The van der Waals surface area contributed by atoms with Crippen molar-refractivity contribution < 1.29 is 22.0 Å². The maximum atomic E-state index is 12.7. The van der Waals surface area contributed by atoms with Gasteiger partial charge in [0.15, 0.2) is 0 Å². The number of anilines is 1. The number of para-hydroxylation sites is 1. The molecular formula is C14H10ClF2NO3S. The number of benzene rings is 2. The van der Waals surface area contributed by atoms with Gasteiger partial charge in [-0.2, -0.15) is 8.78 Å². The molecule has 0 aliphatic heterocycles. The summed E-state index contributed by atoms with van der Waals surface area (Å²) in [4.78, 5) is 11.4. The fraction of sp³-hybridized carbons (Fsp3) is 0.0714. The minimum absolute atomic E-state index is 0.178. The van der Waals surface area contributed by atoms with Gasteiger partial charge < -0.3 is 5.32 Å². The standard InChI is InChI=1S/C14H10ClF2NO3S/c15-10-5-3-4-9(8-10)13(19)18-11-6-1-2-7-12(11)22(20,21)14(16)17/h1-8,14H,(H,18,19). The number of carbonyl (C=O) groups excluding carboxylic acids is 1. The normalized spacial score (nSPS) is 11.5.